The third kappa shape index (κ3) is 3.98. The van der Waals surface area contributed by atoms with Crippen LogP contribution in [-0.4, -0.2) is 65.1 Å². The van der Waals surface area contributed by atoms with E-state index < -0.39 is 0 Å². The van der Waals surface area contributed by atoms with Crippen LogP contribution in [0.5, 0.6) is 5.75 Å². The number of benzene rings is 2. The van der Waals surface area contributed by atoms with Gasteiger partial charge in [0.15, 0.2) is 12.8 Å². The highest BCUT2D eigenvalue weighted by molar-refractivity contribution is 5.87. The third-order valence-electron chi connectivity index (χ3n) is 6.09. The summed E-state index contributed by atoms with van der Waals surface area (Å²) in [6.07, 6.45) is 3.37. The van der Waals surface area contributed by atoms with Crippen molar-refractivity contribution in [3.05, 3.63) is 71.5 Å². The van der Waals surface area contributed by atoms with Crippen molar-refractivity contribution in [3.63, 3.8) is 0 Å². The minimum atomic E-state index is 0.389. The zero-order chi connectivity index (χ0) is 23.5. The van der Waals surface area contributed by atoms with Crippen molar-refractivity contribution >= 4 is 28.2 Å². The summed E-state index contributed by atoms with van der Waals surface area (Å²) >= 11 is 0. The number of anilines is 2. The number of hydrogen-bond acceptors (Lipinski definition) is 8. The van der Waals surface area contributed by atoms with Gasteiger partial charge in [-0.1, -0.05) is 30.3 Å². The highest BCUT2D eigenvalue weighted by Gasteiger charge is 2.24. The molecule has 0 radical (unpaired) electrons. The first kappa shape index (κ1) is 21.6. The number of rotatable bonds is 7. The fourth-order valence-electron chi connectivity index (χ4n) is 4.38. The Labute approximate surface area is 196 Å². The molecule has 5 rings (SSSR count). The molecule has 2 aromatic carbocycles. The number of ether oxygens (including phenoxy) is 1. The lowest BCUT2D eigenvalue weighted by atomic mass is 10.2. The molecule has 0 atom stereocenters. The zero-order valence-corrected chi connectivity index (χ0v) is 19.2. The smallest absolute Gasteiger partial charge is 0.321 e. The quantitative estimate of drug-likeness (QED) is 0.389. The van der Waals surface area contributed by atoms with Crippen LogP contribution in [0.2, 0.25) is 0 Å². The summed E-state index contributed by atoms with van der Waals surface area (Å²) in [4.78, 5) is 31.1. The Morgan fingerprint density at radius 1 is 0.941 bits per heavy atom. The van der Waals surface area contributed by atoms with Crippen molar-refractivity contribution in [1.29, 1.82) is 0 Å². The van der Waals surface area contributed by atoms with Crippen LogP contribution in [0, 0.1) is 4.91 Å². The van der Waals surface area contributed by atoms with Gasteiger partial charge in [-0.05, 0) is 12.1 Å². The summed E-state index contributed by atoms with van der Waals surface area (Å²) < 4.78 is 7.32. The van der Waals surface area contributed by atoms with E-state index in [1.165, 1.54) is 7.11 Å². The molecule has 10 nitrogen and oxygen atoms in total. The molecule has 0 saturated carbocycles. The van der Waals surface area contributed by atoms with Crippen molar-refractivity contribution in [1.82, 2.24) is 19.7 Å². The van der Waals surface area contributed by atoms with E-state index in [1.54, 1.807) is 36.4 Å². The fourth-order valence-corrected chi connectivity index (χ4v) is 4.38. The van der Waals surface area contributed by atoms with Gasteiger partial charge in [-0.25, -0.2) is 19.5 Å². The van der Waals surface area contributed by atoms with Gasteiger partial charge in [0, 0.05) is 32.2 Å². The van der Waals surface area contributed by atoms with Crippen LogP contribution < -0.4 is 14.5 Å². The van der Waals surface area contributed by atoms with Crippen LogP contribution in [0.25, 0.3) is 11.0 Å². The Hall–Kier alpha value is -4.21. The Morgan fingerprint density at radius 2 is 1.68 bits per heavy atom. The highest BCUT2D eigenvalue weighted by Crippen LogP contribution is 2.30. The van der Waals surface area contributed by atoms with Crippen LogP contribution in [0.15, 0.2) is 61.1 Å². The van der Waals surface area contributed by atoms with Gasteiger partial charge in [-0.3, -0.25) is 0 Å². The van der Waals surface area contributed by atoms with E-state index in [-0.39, 0.29) is 0 Å². The van der Waals surface area contributed by atoms with Gasteiger partial charge < -0.3 is 14.5 Å². The molecule has 0 bridgehead atoms. The summed E-state index contributed by atoms with van der Waals surface area (Å²) in [5.74, 6) is 1.75. The average Bonchev–Trinajstić information content (AvgIpc) is 3.31. The van der Waals surface area contributed by atoms with Gasteiger partial charge in [0.25, 0.3) is 4.92 Å². The van der Waals surface area contributed by atoms with Crippen molar-refractivity contribution in [3.8, 4) is 5.75 Å². The van der Waals surface area contributed by atoms with E-state index in [4.69, 9.17) is 9.57 Å². The summed E-state index contributed by atoms with van der Waals surface area (Å²) in [6.45, 7) is 3.72. The Bertz CT molecular complexity index is 1310. The van der Waals surface area contributed by atoms with Gasteiger partial charge in [0.05, 0.1) is 41.4 Å². The summed E-state index contributed by atoms with van der Waals surface area (Å²) in [7, 11) is 3.05. The number of hydrogen-bond donors (Lipinski definition) is 0. The molecule has 3 heterocycles. The van der Waals surface area contributed by atoms with Crippen molar-refractivity contribution < 1.29 is 14.5 Å². The van der Waals surface area contributed by atoms with Crippen LogP contribution in [-0.2, 0) is 11.4 Å². The molecule has 2 aromatic heterocycles. The molecule has 34 heavy (non-hydrogen) atoms. The molecule has 1 aliphatic rings. The molecule has 0 aliphatic carbocycles. The monoisotopic (exact) mass is 460 g/mol. The predicted molar refractivity (Wildman–Crippen MR) is 129 cm³/mol. The van der Waals surface area contributed by atoms with E-state index >= 15 is 0 Å². The Morgan fingerprint density at radius 3 is 2.47 bits per heavy atom. The third-order valence-corrected chi connectivity index (χ3v) is 6.09. The number of nitrogens with zero attached hydrogens (tertiary/aromatic N) is 7. The normalized spacial score (nSPS) is 13.8. The van der Waals surface area contributed by atoms with Gasteiger partial charge in [0.2, 0.25) is 0 Å². The summed E-state index contributed by atoms with van der Waals surface area (Å²) in [5.41, 5.74) is 3.06. The second-order valence-electron chi connectivity index (χ2n) is 7.95. The number of methoxy groups -OCH3 is 1. The van der Waals surface area contributed by atoms with E-state index in [9.17, 15) is 4.91 Å². The predicted octanol–water partition coefficient (Wildman–Crippen LogP) is 3.18. The number of piperazine rings is 1. The highest BCUT2D eigenvalue weighted by atomic mass is 16.8. The van der Waals surface area contributed by atoms with E-state index in [1.807, 2.05) is 30.3 Å². The zero-order valence-electron chi connectivity index (χ0n) is 19.2. The first-order chi connectivity index (χ1) is 16.7. The molecule has 174 valence electrons. The fraction of sp³-hybridized carbons (Fsp3) is 0.292. The van der Waals surface area contributed by atoms with E-state index in [2.05, 4.69) is 30.9 Å². The molecule has 0 N–H and O–H groups in total. The minimum absolute atomic E-state index is 0.389. The van der Waals surface area contributed by atoms with Gasteiger partial charge in [-0.15, -0.1) is 0 Å². The standard InChI is InChI=1S/C24H26N7O3/c1-33-22-10-6-5-9-21(22)28-11-13-29(14-12-28)23-19-15-27-30(24(19)26-17-25-23)16-18-7-3-4-8-20(18)31(32)34-2/h3-10,15,17H,11-14,16H2,1-2H3/q+1. The molecule has 10 heteroatoms. The molecule has 1 fully saturated rings. The molecule has 0 unspecified atom stereocenters. The van der Waals surface area contributed by atoms with Crippen molar-refractivity contribution in [2.45, 2.75) is 6.54 Å². The average molecular weight is 461 g/mol. The Kier molecular flexibility index (Phi) is 5.94. The molecule has 0 spiro atoms. The first-order valence-corrected chi connectivity index (χ1v) is 11.1. The second-order valence-corrected chi connectivity index (χ2v) is 7.95. The molecule has 0 amide bonds. The van der Waals surface area contributed by atoms with E-state index in [0.29, 0.717) is 17.2 Å². The molecule has 4 aromatic rings. The van der Waals surface area contributed by atoms with E-state index in [0.717, 1.165) is 60.0 Å². The molecule has 1 saturated heterocycles. The lowest BCUT2D eigenvalue weighted by molar-refractivity contribution is -0.737. The maximum Gasteiger partial charge on any atom is 0.321 e. The van der Waals surface area contributed by atoms with Crippen LogP contribution in [0.3, 0.4) is 0 Å². The van der Waals surface area contributed by atoms with Gasteiger partial charge >= 0.3 is 5.69 Å². The first-order valence-electron chi connectivity index (χ1n) is 11.1. The topological polar surface area (TPSA) is 88.6 Å². The maximum atomic E-state index is 12.1. The number of fused-ring (bicyclic) bond motifs is 1. The largest absolute Gasteiger partial charge is 0.495 e. The SMILES string of the molecule is COc1ccccc1N1CCN(c2ncnc3c2cnn3Cc2ccccc2[N+](=O)OC)CC1. The Balaban J connectivity index is 1.37. The van der Waals surface area contributed by atoms with Crippen LogP contribution >= 0.6 is 0 Å². The van der Waals surface area contributed by atoms with Crippen LogP contribution in [0.1, 0.15) is 5.56 Å². The van der Waals surface area contributed by atoms with Crippen molar-refractivity contribution in [2.75, 3.05) is 50.2 Å². The maximum absolute atomic E-state index is 12.1. The number of aromatic nitrogens is 4. The van der Waals surface area contributed by atoms with Gasteiger partial charge in [0.1, 0.15) is 17.9 Å². The molecular weight excluding hydrogens is 434 g/mol. The summed E-state index contributed by atoms with van der Waals surface area (Å²) in [6, 6.07) is 15.4. The minimum Gasteiger partial charge on any atom is -0.495 e. The molecular formula is C24H26N7O3+. The lowest BCUT2D eigenvalue weighted by Crippen LogP contribution is -2.47. The summed E-state index contributed by atoms with van der Waals surface area (Å²) in [5, 5.41) is 5.44. The lowest BCUT2D eigenvalue weighted by Gasteiger charge is -2.37. The second kappa shape index (κ2) is 9.34. The van der Waals surface area contributed by atoms with Crippen LogP contribution in [0.4, 0.5) is 17.2 Å². The van der Waals surface area contributed by atoms with Gasteiger partial charge in [-0.2, -0.15) is 5.10 Å². The number of para-hydroxylation sites is 3. The van der Waals surface area contributed by atoms with Crippen molar-refractivity contribution in [2.24, 2.45) is 0 Å². The molecule has 1 aliphatic heterocycles.